The second-order valence-corrected chi connectivity index (χ2v) is 5.84. The molecule has 1 N–H and O–H groups in total. The average molecular weight is 304 g/mol. The van der Waals surface area contributed by atoms with Gasteiger partial charge in [-0.3, -0.25) is 0 Å². The maximum Gasteiger partial charge on any atom is 0.186 e. The fourth-order valence-corrected chi connectivity index (χ4v) is 3.37. The molecule has 16 heavy (non-hydrogen) atoms. The molecule has 1 aromatic rings. The third-order valence-corrected chi connectivity index (χ3v) is 4.64. The van der Waals surface area contributed by atoms with Gasteiger partial charge in [0.25, 0.3) is 0 Å². The molecule has 0 radical (unpaired) electrons. The fraction of sp³-hybridized carbons (Fsp3) is 0.727. The van der Waals surface area contributed by atoms with Crippen LogP contribution in [0.2, 0.25) is 0 Å². The Morgan fingerprint density at radius 2 is 2.31 bits per heavy atom. The van der Waals surface area contributed by atoms with E-state index in [1.54, 1.807) is 11.3 Å². The van der Waals surface area contributed by atoms with Crippen LogP contribution in [-0.2, 0) is 0 Å². The van der Waals surface area contributed by atoms with E-state index in [0.29, 0.717) is 0 Å². The summed E-state index contributed by atoms with van der Waals surface area (Å²) in [7, 11) is 0. The Balaban J connectivity index is 1.81. The molecule has 0 aromatic carbocycles. The zero-order valence-electron chi connectivity index (χ0n) is 9.58. The Labute approximate surface area is 109 Å². The average Bonchev–Trinajstić information content (AvgIpc) is 2.74. The van der Waals surface area contributed by atoms with Gasteiger partial charge in [0.2, 0.25) is 0 Å². The molecule has 1 aliphatic heterocycles. The van der Waals surface area contributed by atoms with Crippen molar-refractivity contribution in [2.24, 2.45) is 5.92 Å². The van der Waals surface area contributed by atoms with Crippen LogP contribution in [-0.4, -0.2) is 31.2 Å². The summed E-state index contributed by atoms with van der Waals surface area (Å²) in [5.41, 5.74) is 0. The van der Waals surface area contributed by atoms with Gasteiger partial charge in [0.1, 0.15) is 4.60 Å². The number of anilines is 1. The highest BCUT2D eigenvalue weighted by Crippen LogP contribution is 2.27. The van der Waals surface area contributed by atoms with E-state index in [1.807, 2.05) is 0 Å². The molecule has 0 saturated carbocycles. The van der Waals surface area contributed by atoms with Gasteiger partial charge < -0.3 is 10.2 Å². The monoisotopic (exact) mass is 303 g/mol. The second-order valence-electron chi connectivity index (χ2n) is 4.19. The lowest BCUT2D eigenvalue weighted by atomic mass is 9.97. The predicted molar refractivity (Wildman–Crippen MR) is 73.3 cm³/mol. The number of nitrogens with one attached hydrogen (secondary N) is 1. The number of hydrogen-bond donors (Lipinski definition) is 1. The Bertz CT molecular complexity index is 321. The zero-order valence-corrected chi connectivity index (χ0v) is 12.0. The molecule has 5 heteroatoms. The number of aromatic nitrogens is 1. The minimum absolute atomic E-state index is 0.847. The van der Waals surface area contributed by atoms with Crippen LogP contribution in [0.1, 0.15) is 19.8 Å². The molecule has 2 rings (SSSR count). The maximum absolute atomic E-state index is 4.47. The van der Waals surface area contributed by atoms with Crippen LogP contribution in [0.25, 0.3) is 0 Å². The first-order chi connectivity index (χ1) is 7.79. The Hall–Kier alpha value is -0.130. The molecule has 3 nitrogen and oxygen atoms in total. The van der Waals surface area contributed by atoms with Gasteiger partial charge in [-0.05, 0) is 47.8 Å². The SMILES string of the molecule is CCNCC1CCN(c2nc(Br)cs2)CC1. The van der Waals surface area contributed by atoms with Crippen LogP contribution >= 0.6 is 27.3 Å². The maximum atomic E-state index is 4.47. The van der Waals surface area contributed by atoms with Crippen molar-refractivity contribution in [1.82, 2.24) is 10.3 Å². The molecule has 1 aromatic heterocycles. The zero-order chi connectivity index (χ0) is 11.4. The lowest BCUT2D eigenvalue weighted by Gasteiger charge is -2.31. The normalized spacial score (nSPS) is 18.0. The summed E-state index contributed by atoms with van der Waals surface area (Å²) in [5.74, 6) is 0.847. The van der Waals surface area contributed by atoms with Crippen molar-refractivity contribution in [1.29, 1.82) is 0 Å². The van der Waals surface area contributed by atoms with Gasteiger partial charge in [0.15, 0.2) is 5.13 Å². The molecular formula is C11H18BrN3S. The largest absolute Gasteiger partial charge is 0.348 e. The van der Waals surface area contributed by atoms with E-state index >= 15 is 0 Å². The minimum atomic E-state index is 0.847. The molecule has 0 unspecified atom stereocenters. The molecular weight excluding hydrogens is 286 g/mol. The van der Waals surface area contributed by atoms with Crippen molar-refractivity contribution in [2.75, 3.05) is 31.1 Å². The van der Waals surface area contributed by atoms with Gasteiger partial charge in [0.05, 0.1) is 0 Å². The topological polar surface area (TPSA) is 28.2 Å². The van der Waals surface area contributed by atoms with Crippen LogP contribution in [0.4, 0.5) is 5.13 Å². The summed E-state index contributed by atoms with van der Waals surface area (Å²) in [5, 5.41) is 6.65. The lowest BCUT2D eigenvalue weighted by Crippen LogP contribution is -2.37. The third-order valence-electron chi connectivity index (χ3n) is 3.03. The molecule has 0 amide bonds. The first kappa shape index (κ1) is 12.3. The number of nitrogens with zero attached hydrogens (tertiary/aromatic N) is 2. The molecule has 0 atom stereocenters. The molecule has 90 valence electrons. The quantitative estimate of drug-likeness (QED) is 0.927. The van der Waals surface area contributed by atoms with Gasteiger partial charge in [0, 0.05) is 18.5 Å². The van der Waals surface area contributed by atoms with Crippen molar-refractivity contribution in [2.45, 2.75) is 19.8 Å². The fourth-order valence-electron chi connectivity index (χ4n) is 2.07. The summed E-state index contributed by atoms with van der Waals surface area (Å²) < 4.78 is 0.960. The minimum Gasteiger partial charge on any atom is -0.348 e. The van der Waals surface area contributed by atoms with Gasteiger partial charge in [-0.1, -0.05) is 6.92 Å². The highest BCUT2D eigenvalue weighted by Gasteiger charge is 2.20. The first-order valence-electron chi connectivity index (χ1n) is 5.86. The smallest absolute Gasteiger partial charge is 0.186 e. The van der Waals surface area contributed by atoms with Crippen molar-refractivity contribution < 1.29 is 0 Å². The molecule has 2 heterocycles. The highest BCUT2D eigenvalue weighted by molar-refractivity contribution is 9.10. The van der Waals surface area contributed by atoms with Crippen LogP contribution in [0.15, 0.2) is 9.98 Å². The number of thiazole rings is 1. The van der Waals surface area contributed by atoms with Gasteiger partial charge in [-0.2, -0.15) is 0 Å². The van der Waals surface area contributed by atoms with Crippen LogP contribution in [0, 0.1) is 5.92 Å². The van der Waals surface area contributed by atoms with Crippen LogP contribution in [0.5, 0.6) is 0 Å². The Morgan fingerprint density at radius 3 is 2.88 bits per heavy atom. The van der Waals surface area contributed by atoms with Gasteiger partial charge >= 0.3 is 0 Å². The van der Waals surface area contributed by atoms with Crippen molar-refractivity contribution in [3.05, 3.63) is 9.98 Å². The molecule has 1 fully saturated rings. The summed E-state index contributed by atoms with van der Waals surface area (Å²) in [6.45, 7) is 6.72. The summed E-state index contributed by atoms with van der Waals surface area (Å²) >= 11 is 5.13. The van der Waals surface area contributed by atoms with Crippen molar-refractivity contribution in [3.8, 4) is 0 Å². The Morgan fingerprint density at radius 1 is 1.56 bits per heavy atom. The number of rotatable bonds is 4. The summed E-state index contributed by atoms with van der Waals surface area (Å²) in [4.78, 5) is 6.87. The summed E-state index contributed by atoms with van der Waals surface area (Å²) in [6, 6.07) is 0. The van der Waals surface area contributed by atoms with Crippen molar-refractivity contribution >= 4 is 32.4 Å². The van der Waals surface area contributed by atoms with Crippen LogP contribution in [0.3, 0.4) is 0 Å². The molecule has 1 aliphatic rings. The van der Waals surface area contributed by atoms with E-state index in [0.717, 1.165) is 35.3 Å². The van der Waals surface area contributed by atoms with E-state index in [-0.39, 0.29) is 0 Å². The standard InChI is InChI=1S/C11H18BrN3S/c1-2-13-7-9-3-5-15(6-4-9)11-14-10(12)8-16-11/h8-9,13H,2-7H2,1H3. The summed E-state index contributed by atoms with van der Waals surface area (Å²) in [6.07, 6.45) is 2.56. The van der Waals surface area contributed by atoms with E-state index < -0.39 is 0 Å². The van der Waals surface area contributed by atoms with E-state index in [2.05, 4.69) is 43.4 Å². The first-order valence-corrected chi connectivity index (χ1v) is 7.53. The van der Waals surface area contributed by atoms with E-state index in [9.17, 15) is 0 Å². The second kappa shape index (κ2) is 5.98. The lowest BCUT2D eigenvalue weighted by molar-refractivity contribution is 0.386. The molecule has 0 aliphatic carbocycles. The number of hydrogen-bond acceptors (Lipinski definition) is 4. The number of piperidine rings is 1. The molecule has 1 saturated heterocycles. The van der Waals surface area contributed by atoms with E-state index in [4.69, 9.17) is 0 Å². The molecule has 0 spiro atoms. The van der Waals surface area contributed by atoms with E-state index in [1.165, 1.54) is 19.4 Å². The van der Waals surface area contributed by atoms with Crippen molar-refractivity contribution in [3.63, 3.8) is 0 Å². The van der Waals surface area contributed by atoms with Gasteiger partial charge in [-0.15, -0.1) is 11.3 Å². The Kier molecular flexibility index (Phi) is 4.61. The predicted octanol–water partition coefficient (Wildman–Crippen LogP) is 2.73. The van der Waals surface area contributed by atoms with Gasteiger partial charge in [-0.25, -0.2) is 4.98 Å². The van der Waals surface area contributed by atoms with Crippen LogP contribution < -0.4 is 10.2 Å². The third kappa shape index (κ3) is 3.18. The molecule has 0 bridgehead atoms. The number of halogens is 1. The highest BCUT2D eigenvalue weighted by atomic mass is 79.9.